The predicted octanol–water partition coefficient (Wildman–Crippen LogP) is 3.14. The van der Waals surface area contributed by atoms with E-state index in [1.54, 1.807) is 11.6 Å². The number of benzene rings is 2. The number of carbonyl (C=O) groups is 1. The van der Waals surface area contributed by atoms with Crippen LogP contribution in [0.3, 0.4) is 0 Å². The number of rotatable bonds is 8. The second-order valence-electron chi connectivity index (χ2n) is 10.9. The molecule has 1 aliphatic carbocycles. The Morgan fingerprint density at radius 3 is 2.58 bits per heavy atom. The molecule has 2 aromatic carbocycles. The molecule has 38 heavy (non-hydrogen) atoms. The molecular weight excluding hydrogens is 498 g/mol. The molecule has 1 aromatic heterocycles. The van der Waals surface area contributed by atoms with Crippen LogP contribution >= 0.6 is 0 Å². The Morgan fingerprint density at radius 2 is 1.89 bits per heavy atom. The predicted molar refractivity (Wildman–Crippen MR) is 147 cm³/mol. The minimum Gasteiger partial charge on any atom is -0.369 e. The number of aldehydes is 1. The molecule has 3 heterocycles. The second-order valence-corrected chi connectivity index (χ2v) is 12.6. The maximum absolute atomic E-state index is 12.8. The van der Waals surface area contributed by atoms with Crippen LogP contribution in [0.4, 0.5) is 5.69 Å². The number of aromatic nitrogens is 2. The molecule has 200 valence electrons. The molecule has 0 spiro atoms. The van der Waals surface area contributed by atoms with Gasteiger partial charge >= 0.3 is 0 Å². The molecule has 0 bridgehead atoms. The molecular formula is C29H35N5O3S. The number of nitrogens with one attached hydrogen (secondary N) is 1. The van der Waals surface area contributed by atoms with Gasteiger partial charge in [-0.1, -0.05) is 36.4 Å². The molecule has 6 rings (SSSR count). The lowest BCUT2D eigenvalue weighted by atomic mass is 9.73. The van der Waals surface area contributed by atoms with E-state index in [0.29, 0.717) is 25.6 Å². The van der Waals surface area contributed by atoms with Crippen LogP contribution in [0, 0.1) is 0 Å². The molecule has 2 saturated heterocycles. The Balaban J connectivity index is 1.29. The summed E-state index contributed by atoms with van der Waals surface area (Å²) in [7, 11) is -1.95. The summed E-state index contributed by atoms with van der Waals surface area (Å²) >= 11 is 0. The number of imidazole rings is 1. The van der Waals surface area contributed by atoms with Crippen molar-refractivity contribution >= 4 is 22.0 Å². The van der Waals surface area contributed by atoms with E-state index in [0.717, 1.165) is 49.9 Å². The number of likely N-dealkylation sites (tertiary alicyclic amines) is 1. The minimum absolute atomic E-state index is 0.0293. The third-order valence-corrected chi connectivity index (χ3v) is 9.89. The molecule has 0 saturated carbocycles. The van der Waals surface area contributed by atoms with Gasteiger partial charge in [-0.3, -0.25) is 9.69 Å². The number of carbonyl (C=O) groups excluding carboxylic acids is 1. The first kappa shape index (κ1) is 25.3. The third-order valence-electron chi connectivity index (χ3n) is 8.48. The van der Waals surface area contributed by atoms with Crippen LogP contribution in [-0.2, 0) is 29.9 Å². The highest BCUT2D eigenvalue weighted by Gasteiger charge is 2.38. The molecule has 3 atom stereocenters. The first-order valence-electron chi connectivity index (χ1n) is 13.6. The monoisotopic (exact) mass is 533 g/mol. The topological polar surface area (TPSA) is 87.5 Å². The van der Waals surface area contributed by atoms with E-state index < -0.39 is 10.0 Å². The van der Waals surface area contributed by atoms with E-state index in [-0.39, 0.29) is 17.0 Å². The molecule has 1 N–H and O–H groups in total. The minimum atomic E-state index is -3.70. The van der Waals surface area contributed by atoms with Crippen molar-refractivity contribution < 1.29 is 13.2 Å². The van der Waals surface area contributed by atoms with Crippen LogP contribution in [0.2, 0.25) is 0 Å². The van der Waals surface area contributed by atoms with Crippen molar-refractivity contribution in [1.82, 2.24) is 19.2 Å². The SMILES string of the molecule is Cn1cnc(S(=O)(=O)N[C@H]2CCN(c3ccc4c(c3C=O)[C@@H](Cc3ccccc3)[C@@H](N3CCC3)CC4)C2)c1. The van der Waals surface area contributed by atoms with E-state index in [4.69, 9.17) is 0 Å². The normalized spacial score (nSPS) is 23.7. The van der Waals surface area contributed by atoms with Gasteiger partial charge in [-0.15, -0.1) is 0 Å². The van der Waals surface area contributed by atoms with Gasteiger partial charge in [0.1, 0.15) is 0 Å². The van der Waals surface area contributed by atoms with E-state index in [1.165, 1.54) is 35.6 Å². The van der Waals surface area contributed by atoms with Gasteiger partial charge in [0, 0.05) is 55.6 Å². The standard InChI is InChI=1S/C29H35N5O3S/c1-32-18-28(30-20-32)38(36,37)31-23-12-15-34(17-23)27-11-9-22-8-10-26(33-13-5-14-33)24(29(22)25(27)19-35)16-21-6-3-2-4-7-21/h2-4,6-7,9,11,18-20,23-24,26,31H,5,8,10,12-17H2,1H3/t23-,24-,26-/m0/s1. The van der Waals surface area contributed by atoms with Crippen LogP contribution < -0.4 is 9.62 Å². The van der Waals surface area contributed by atoms with Crippen molar-refractivity contribution in [3.63, 3.8) is 0 Å². The lowest BCUT2D eigenvalue weighted by molar-refractivity contribution is 0.0872. The lowest BCUT2D eigenvalue weighted by Gasteiger charge is -2.46. The fourth-order valence-electron chi connectivity index (χ4n) is 6.52. The van der Waals surface area contributed by atoms with Gasteiger partial charge in [0.2, 0.25) is 0 Å². The fourth-order valence-corrected chi connectivity index (χ4v) is 7.76. The van der Waals surface area contributed by atoms with E-state index in [2.05, 4.69) is 55.9 Å². The van der Waals surface area contributed by atoms with Gasteiger partial charge in [-0.2, -0.15) is 0 Å². The number of hydrogen-bond acceptors (Lipinski definition) is 6. The molecule has 3 aromatic rings. The van der Waals surface area contributed by atoms with Crippen molar-refractivity contribution in [3.05, 3.63) is 77.2 Å². The summed E-state index contributed by atoms with van der Waals surface area (Å²) in [5.41, 5.74) is 5.47. The summed E-state index contributed by atoms with van der Waals surface area (Å²) in [6.07, 6.45) is 8.94. The van der Waals surface area contributed by atoms with Crippen LogP contribution in [0.5, 0.6) is 0 Å². The van der Waals surface area contributed by atoms with E-state index in [1.807, 2.05) is 6.07 Å². The zero-order valence-electron chi connectivity index (χ0n) is 21.8. The molecule has 0 amide bonds. The number of sulfonamides is 1. The van der Waals surface area contributed by atoms with Crippen molar-refractivity contribution in [3.8, 4) is 0 Å². The third kappa shape index (κ3) is 4.79. The Hall–Kier alpha value is -3.01. The number of aryl methyl sites for hydroxylation is 2. The summed E-state index contributed by atoms with van der Waals surface area (Å²) in [5, 5.41) is 0.0293. The quantitative estimate of drug-likeness (QED) is 0.448. The average molecular weight is 534 g/mol. The lowest BCUT2D eigenvalue weighted by Crippen LogP contribution is -2.50. The zero-order valence-corrected chi connectivity index (χ0v) is 22.6. The number of anilines is 1. The summed E-state index contributed by atoms with van der Waals surface area (Å²) in [6.45, 7) is 3.47. The van der Waals surface area contributed by atoms with Gasteiger partial charge in [0.15, 0.2) is 11.3 Å². The summed E-state index contributed by atoms with van der Waals surface area (Å²) in [6, 6.07) is 15.1. The average Bonchev–Trinajstić information content (AvgIpc) is 3.53. The van der Waals surface area contributed by atoms with E-state index in [9.17, 15) is 13.2 Å². The highest BCUT2D eigenvalue weighted by Crippen LogP contribution is 2.43. The molecule has 2 fully saturated rings. The first-order valence-corrected chi connectivity index (χ1v) is 15.1. The van der Waals surface area contributed by atoms with Gasteiger partial charge in [0.25, 0.3) is 10.0 Å². The Morgan fingerprint density at radius 1 is 1.08 bits per heavy atom. The van der Waals surface area contributed by atoms with Crippen molar-refractivity contribution in [1.29, 1.82) is 0 Å². The number of nitrogens with zero attached hydrogens (tertiary/aromatic N) is 4. The fraction of sp³-hybridized carbons (Fsp3) is 0.448. The van der Waals surface area contributed by atoms with Gasteiger partial charge in [-0.25, -0.2) is 18.1 Å². The van der Waals surface area contributed by atoms with Crippen molar-refractivity contribution in [2.75, 3.05) is 31.1 Å². The van der Waals surface area contributed by atoms with Crippen LogP contribution in [0.1, 0.15) is 52.2 Å². The maximum atomic E-state index is 12.8. The summed E-state index contributed by atoms with van der Waals surface area (Å²) in [4.78, 5) is 21.5. The van der Waals surface area contributed by atoms with Crippen LogP contribution in [-0.4, -0.2) is 67.4 Å². The van der Waals surface area contributed by atoms with Gasteiger partial charge < -0.3 is 9.47 Å². The van der Waals surface area contributed by atoms with Gasteiger partial charge in [0.05, 0.1) is 6.33 Å². The second kappa shape index (κ2) is 10.3. The largest absolute Gasteiger partial charge is 0.369 e. The summed E-state index contributed by atoms with van der Waals surface area (Å²) in [5.74, 6) is 0.252. The number of hydrogen-bond donors (Lipinski definition) is 1. The Labute approximate surface area is 224 Å². The van der Waals surface area contributed by atoms with Gasteiger partial charge in [-0.05, 0) is 68.0 Å². The van der Waals surface area contributed by atoms with Crippen LogP contribution in [0.25, 0.3) is 0 Å². The Kier molecular flexibility index (Phi) is 6.84. The summed E-state index contributed by atoms with van der Waals surface area (Å²) < 4.78 is 30.1. The number of fused-ring (bicyclic) bond motifs is 1. The van der Waals surface area contributed by atoms with Crippen LogP contribution in [0.15, 0.2) is 60.0 Å². The molecule has 0 radical (unpaired) electrons. The highest BCUT2D eigenvalue weighted by molar-refractivity contribution is 7.89. The first-order chi connectivity index (χ1) is 18.4. The molecule has 9 heteroatoms. The maximum Gasteiger partial charge on any atom is 0.259 e. The van der Waals surface area contributed by atoms with Crippen molar-refractivity contribution in [2.24, 2.45) is 7.05 Å². The van der Waals surface area contributed by atoms with Crippen molar-refractivity contribution in [2.45, 2.75) is 55.1 Å². The molecule has 2 aliphatic heterocycles. The Bertz CT molecular complexity index is 1420. The van der Waals surface area contributed by atoms with E-state index >= 15 is 0 Å². The smallest absolute Gasteiger partial charge is 0.259 e. The molecule has 8 nitrogen and oxygen atoms in total. The zero-order chi connectivity index (χ0) is 26.3. The highest BCUT2D eigenvalue weighted by atomic mass is 32.2. The molecule has 3 aliphatic rings. The molecule has 0 unspecified atom stereocenters.